The summed E-state index contributed by atoms with van der Waals surface area (Å²) >= 11 is 3.53. The minimum atomic E-state index is 0.966. The van der Waals surface area contributed by atoms with Crippen LogP contribution in [0.4, 0.5) is 0 Å². The summed E-state index contributed by atoms with van der Waals surface area (Å²) in [7, 11) is 0. The first-order valence-electron chi connectivity index (χ1n) is 5.82. The van der Waals surface area contributed by atoms with Gasteiger partial charge in [-0.3, -0.25) is 0 Å². The van der Waals surface area contributed by atoms with E-state index in [4.69, 9.17) is 4.74 Å². The largest absolute Gasteiger partial charge is 0.456 e. The van der Waals surface area contributed by atoms with Crippen molar-refractivity contribution >= 4 is 23.5 Å². The number of para-hydroxylation sites is 1. The molecule has 0 saturated heterocycles. The number of hydrogen-bond donors (Lipinski definition) is 0. The van der Waals surface area contributed by atoms with Gasteiger partial charge in [-0.15, -0.1) is 23.5 Å². The van der Waals surface area contributed by atoms with Gasteiger partial charge in [-0.25, -0.2) is 0 Å². The highest BCUT2D eigenvalue weighted by Gasteiger charge is 2.20. The average molecular weight is 274 g/mol. The van der Waals surface area contributed by atoms with E-state index in [2.05, 4.69) is 36.8 Å². The van der Waals surface area contributed by atoms with E-state index in [0.717, 1.165) is 17.9 Å². The molecule has 18 heavy (non-hydrogen) atoms. The molecule has 0 saturated carbocycles. The van der Waals surface area contributed by atoms with Crippen LogP contribution in [-0.2, 0) is 6.42 Å². The molecule has 1 heterocycles. The molecule has 0 aromatic heterocycles. The van der Waals surface area contributed by atoms with Crippen molar-refractivity contribution in [3.05, 3.63) is 47.5 Å². The smallest absolute Gasteiger partial charge is 0.144 e. The second-order valence-corrected chi connectivity index (χ2v) is 5.93. The van der Waals surface area contributed by atoms with E-state index in [1.807, 2.05) is 12.1 Å². The van der Waals surface area contributed by atoms with E-state index in [-0.39, 0.29) is 0 Å². The molecule has 0 N–H and O–H groups in total. The highest BCUT2D eigenvalue weighted by atomic mass is 32.2. The molecule has 1 aliphatic rings. The van der Waals surface area contributed by atoms with E-state index in [1.165, 1.54) is 20.9 Å². The van der Waals surface area contributed by atoms with Gasteiger partial charge in [0.25, 0.3) is 0 Å². The Morgan fingerprint density at radius 1 is 1.00 bits per heavy atom. The minimum Gasteiger partial charge on any atom is -0.456 e. The molecular weight excluding hydrogens is 260 g/mol. The molecule has 2 aromatic carbocycles. The Morgan fingerprint density at radius 3 is 2.61 bits per heavy atom. The first-order valence-corrected chi connectivity index (χ1v) is 8.27. The van der Waals surface area contributed by atoms with Gasteiger partial charge in [0.1, 0.15) is 11.5 Å². The second kappa shape index (κ2) is 4.90. The van der Waals surface area contributed by atoms with Crippen molar-refractivity contribution < 1.29 is 4.74 Å². The topological polar surface area (TPSA) is 9.23 Å². The number of benzene rings is 2. The summed E-state index contributed by atoms with van der Waals surface area (Å²) in [6.45, 7) is 0. The number of hydrogen-bond acceptors (Lipinski definition) is 3. The van der Waals surface area contributed by atoms with Crippen molar-refractivity contribution in [2.75, 3.05) is 12.5 Å². The molecule has 1 nitrogen and oxygen atoms in total. The standard InChI is InChI=1S/C15H14OS2/c1-17-12-8-11-7-10-5-3-4-6-13(10)16-15(11)14(9-12)18-2/h3-6,8-9H,7H2,1-2H3. The van der Waals surface area contributed by atoms with E-state index in [9.17, 15) is 0 Å². The molecule has 2 aromatic rings. The van der Waals surface area contributed by atoms with Crippen LogP contribution in [0.2, 0.25) is 0 Å². The Morgan fingerprint density at radius 2 is 1.83 bits per heavy atom. The molecular formula is C15H14OS2. The number of ether oxygens (including phenoxy) is 1. The van der Waals surface area contributed by atoms with Crippen molar-refractivity contribution in [1.82, 2.24) is 0 Å². The third-order valence-electron chi connectivity index (χ3n) is 3.13. The lowest BCUT2D eigenvalue weighted by molar-refractivity contribution is 0.448. The zero-order chi connectivity index (χ0) is 12.5. The fourth-order valence-corrected chi connectivity index (χ4v) is 3.39. The lowest BCUT2D eigenvalue weighted by Gasteiger charge is -2.22. The zero-order valence-electron chi connectivity index (χ0n) is 10.4. The molecule has 0 atom stereocenters. The van der Waals surface area contributed by atoms with Gasteiger partial charge >= 0.3 is 0 Å². The number of thioether (sulfide) groups is 2. The number of fused-ring (bicyclic) bond motifs is 2. The molecule has 0 spiro atoms. The van der Waals surface area contributed by atoms with E-state index in [0.29, 0.717) is 0 Å². The first-order chi connectivity index (χ1) is 8.81. The first kappa shape index (κ1) is 12.0. The molecule has 3 rings (SSSR count). The molecule has 0 radical (unpaired) electrons. The van der Waals surface area contributed by atoms with E-state index < -0.39 is 0 Å². The molecule has 0 fully saturated rings. The maximum atomic E-state index is 6.07. The normalized spacial score (nSPS) is 12.6. The average Bonchev–Trinajstić information content (AvgIpc) is 2.43. The Labute approximate surface area is 116 Å². The van der Waals surface area contributed by atoms with E-state index >= 15 is 0 Å². The molecule has 0 unspecified atom stereocenters. The quantitative estimate of drug-likeness (QED) is 0.620. The molecule has 3 heteroatoms. The summed E-state index contributed by atoms with van der Waals surface area (Å²) < 4.78 is 6.07. The second-order valence-electron chi connectivity index (χ2n) is 4.20. The highest BCUT2D eigenvalue weighted by molar-refractivity contribution is 7.99. The van der Waals surface area contributed by atoms with Crippen molar-refractivity contribution in [3.8, 4) is 11.5 Å². The molecule has 0 amide bonds. The van der Waals surface area contributed by atoms with Crippen LogP contribution < -0.4 is 4.74 Å². The summed E-state index contributed by atoms with van der Waals surface area (Å²) in [6.07, 6.45) is 5.18. The van der Waals surface area contributed by atoms with Gasteiger partial charge in [0, 0.05) is 16.9 Å². The zero-order valence-corrected chi connectivity index (χ0v) is 12.0. The van der Waals surface area contributed by atoms with Crippen molar-refractivity contribution in [2.24, 2.45) is 0 Å². The van der Waals surface area contributed by atoms with Crippen molar-refractivity contribution in [3.63, 3.8) is 0 Å². The van der Waals surface area contributed by atoms with Gasteiger partial charge in [0.15, 0.2) is 0 Å². The van der Waals surface area contributed by atoms with Gasteiger partial charge in [-0.1, -0.05) is 18.2 Å². The third-order valence-corrected chi connectivity index (χ3v) is 4.58. The summed E-state index contributed by atoms with van der Waals surface area (Å²) in [5.41, 5.74) is 2.57. The summed E-state index contributed by atoms with van der Waals surface area (Å²) in [5, 5.41) is 0. The fourth-order valence-electron chi connectivity index (χ4n) is 2.21. The van der Waals surface area contributed by atoms with Crippen molar-refractivity contribution in [1.29, 1.82) is 0 Å². The Kier molecular flexibility index (Phi) is 3.27. The summed E-state index contributed by atoms with van der Waals surface area (Å²) in [4.78, 5) is 2.53. The summed E-state index contributed by atoms with van der Waals surface area (Å²) in [6, 6.07) is 12.7. The lowest BCUT2D eigenvalue weighted by atomic mass is 10.0. The van der Waals surface area contributed by atoms with Gasteiger partial charge in [0.05, 0.1) is 4.90 Å². The van der Waals surface area contributed by atoms with Gasteiger partial charge < -0.3 is 4.74 Å². The fraction of sp³-hybridized carbons (Fsp3) is 0.200. The summed E-state index contributed by atoms with van der Waals surface area (Å²) in [5.74, 6) is 2.04. The monoisotopic (exact) mass is 274 g/mol. The van der Waals surface area contributed by atoms with Crippen LogP contribution in [0.1, 0.15) is 11.1 Å². The van der Waals surface area contributed by atoms with Crippen molar-refractivity contribution in [2.45, 2.75) is 16.2 Å². The Bertz CT molecular complexity index is 593. The van der Waals surface area contributed by atoms with Crippen LogP contribution in [-0.4, -0.2) is 12.5 Å². The van der Waals surface area contributed by atoms with Crippen LogP contribution in [0.25, 0.3) is 0 Å². The van der Waals surface area contributed by atoms with Gasteiger partial charge in [-0.2, -0.15) is 0 Å². The molecule has 0 aliphatic carbocycles. The number of rotatable bonds is 2. The Balaban J connectivity index is 2.11. The maximum absolute atomic E-state index is 6.07. The van der Waals surface area contributed by atoms with Crippen LogP contribution in [0.3, 0.4) is 0 Å². The van der Waals surface area contributed by atoms with Crippen LogP contribution >= 0.6 is 23.5 Å². The molecule has 1 aliphatic heterocycles. The highest BCUT2D eigenvalue weighted by Crippen LogP contribution is 2.43. The van der Waals surface area contributed by atoms with E-state index in [1.54, 1.807) is 23.5 Å². The lowest BCUT2D eigenvalue weighted by Crippen LogP contribution is -2.04. The minimum absolute atomic E-state index is 0.966. The maximum Gasteiger partial charge on any atom is 0.144 e. The van der Waals surface area contributed by atoms with Crippen LogP contribution in [0.5, 0.6) is 11.5 Å². The predicted octanol–water partition coefficient (Wildman–Crippen LogP) is 4.83. The molecule has 0 bridgehead atoms. The van der Waals surface area contributed by atoms with Gasteiger partial charge in [-0.05, 0) is 36.3 Å². The Hall–Kier alpha value is -1.06. The third kappa shape index (κ3) is 2.02. The van der Waals surface area contributed by atoms with Crippen LogP contribution in [0, 0.1) is 0 Å². The van der Waals surface area contributed by atoms with Crippen LogP contribution in [0.15, 0.2) is 46.2 Å². The molecule has 92 valence electrons. The van der Waals surface area contributed by atoms with Gasteiger partial charge in [0.2, 0.25) is 0 Å². The SMILES string of the molecule is CSc1cc2c(c(SC)c1)Oc1ccccc1C2. The predicted molar refractivity (Wildman–Crippen MR) is 79.3 cm³/mol.